The fourth-order valence-corrected chi connectivity index (χ4v) is 1.99. The molecule has 0 saturated carbocycles. The molecule has 1 aromatic heterocycles. The van der Waals surface area contributed by atoms with Crippen LogP contribution in [0.5, 0.6) is 0 Å². The van der Waals surface area contributed by atoms with Gasteiger partial charge in [0.1, 0.15) is 5.82 Å². The van der Waals surface area contributed by atoms with Gasteiger partial charge in [-0.3, -0.25) is 4.79 Å². The number of carbonyl (C=O) groups excluding carboxylic acids is 1. The van der Waals surface area contributed by atoms with E-state index in [0.29, 0.717) is 11.3 Å². The quantitative estimate of drug-likeness (QED) is 0.786. The summed E-state index contributed by atoms with van der Waals surface area (Å²) in [6.45, 7) is 1.70. The first-order valence-corrected chi connectivity index (χ1v) is 6.37. The van der Waals surface area contributed by atoms with Crippen molar-refractivity contribution in [2.75, 3.05) is 7.11 Å². The monoisotopic (exact) mass is 340 g/mol. The van der Waals surface area contributed by atoms with E-state index in [1.165, 1.54) is 36.2 Å². The highest BCUT2D eigenvalue weighted by Gasteiger charge is 2.14. The number of benzene rings is 1. The van der Waals surface area contributed by atoms with Crippen LogP contribution in [-0.4, -0.2) is 22.9 Å². The molecular weight excluding hydrogens is 331 g/mol. The Hall–Kier alpha value is -2.02. The lowest BCUT2D eigenvalue weighted by Crippen LogP contribution is -2.21. The molecule has 0 atom stereocenters. The van der Waals surface area contributed by atoms with E-state index in [9.17, 15) is 14.0 Å². The van der Waals surface area contributed by atoms with Crippen molar-refractivity contribution in [3.05, 3.63) is 56.2 Å². The maximum absolute atomic E-state index is 13.4. The molecule has 20 heavy (non-hydrogen) atoms. The Balaban J connectivity index is 2.62. The SMILES string of the molecule is COC(=O)c1nn(-c2cc(Br)c(F)cc2C)ccc1=O. The molecule has 5 nitrogen and oxygen atoms in total. The number of ether oxygens (including phenoxy) is 1. The van der Waals surface area contributed by atoms with Crippen molar-refractivity contribution in [2.24, 2.45) is 0 Å². The molecule has 0 amide bonds. The van der Waals surface area contributed by atoms with Gasteiger partial charge in [-0.05, 0) is 40.5 Å². The Kier molecular flexibility index (Phi) is 3.99. The minimum Gasteiger partial charge on any atom is -0.464 e. The number of halogens is 2. The summed E-state index contributed by atoms with van der Waals surface area (Å²) in [4.78, 5) is 23.0. The van der Waals surface area contributed by atoms with Crippen LogP contribution in [0.1, 0.15) is 16.1 Å². The Bertz CT molecular complexity index is 743. The maximum Gasteiger partial charge on any atom is 0.362 e. The lowest BCUT2D eigenvalue weighted by molar-refractivity contribution is 0.0590. The van der Waals surface area contributed by atoms with Crippen molar-refractivity contribution < 1.29 is 13.9 Å². The highest BCUT2D eigenvalue weighted by atomic mass is 79.9. The fraction of sp³-hybridized carbons (Fsp3) is 0.154. The first-order valence-electron chi connectivity index (χ1n) is 5.58. The van der Waals surface area contributed by atoms with E-state index >= 15 is 0 Å². The molecule has 2 rings (SSSR count). The summed E-state index contributed by atoms with van der Waals surface area (Å²) in [6, 6.07) is 4.05. The molecule has 1 aromatic carbocycles. The van der Waals surface area contributed by atoms with Gasteiger partial charge in [-0.1, -0.05) is 0 Å². The molecule has 0 aliphatic heterocycles. The number of methoxy groups -OCH3 is 1. The molecule has 0 bridgehead atoms. The van der Waals surface area contributed by atoms with Gasteiger partial charge in [0.15, 0.2) is 0 Å². The first kappa shape index (κ1) is 14.4. The first-order chi connectivity index (χ1) is 9.43. The largest absolute Gasteiger partial charge is 0.464 e. The van der Waals surface area contributed by atoms with Gasteiger partial charge in [-0.25, -0.2) is 13.9 Å². The summed E-state index contributed by atoms with van der Waals surface area (Å²) in [5.41, 5.74) is 0.294. The van der Waals surface area contributed by atoms with Crippen LogP contribution in [0.3, 0.4) is 0 Å². The Labute approximate surface area is 122 Å². The number of esters is 1. The van der Waals surface area contributed by atoms with E-state index in [2.05, 4.69) is 25.8 Å². The molecular formula is C13H10BrFN2O3. The predicted molar refractivity (Wildman–Crippen MR) is 73.6 cm³/mol. The molecule has 1 heterocycles. The molecule has 0 spiro atoms. The number of rotatable bonds is 2. The molecule has 0 radical (unpaired) electrons. The van der Waals surface area contributed by atoms with Gasteiger partial charge in [-0.2, -0.15) is 5.10 Å². The van der Waals surface area contributed by atoms with Crippen molar-refractivity contribution in [2.45, 2.75) is 6.92 Å². The summed E-state index contributed by atoms with van der Waals surface area (Å²) < 4.78 is 19.5. The van der Waals surface area contributed by atoms with E-state index in [-0.39, 0.29) is 10.2 Å². The van der Waals surface area contributed by atoms with Gasteiger partial charge in [0.25, 0.3) is 0 Å². The minimum absolute atomic E-state index is 0.262. The van der Waals surface area contributed by atoms with Crippen LogP contribution in [0.15, 0.2) is 33.7 Å². The van der Waals surface area contributed by atoms with E-state index in [0.717, 1.165) is 0 Å². The van der Waals surface area contributed by atoms with Gasteiger partial charge < -0.3 is 4.74 Å². The number of hydrogen-bond donors (Lipinski definition) is 0. The van der Waals surface area contributed by atoms with Gasteiger partial charge in [0, 0.05) is 12.3 Å². The summed E-state index contributed by atoms with van der Waals surface area (Å²) in [6.07, 6.45) is 1.40. The molecule has 0 aliphatic rings. The fourth-order valence-electron chi connectivity index (χ4n) is 1.66. The number of hydrogen-bond acceptors (Lipinski definition) is 4. The van der Waals surface area contributed by atoms with Crippen molar-refractivity contribution in [3.8, 4) is 5.69 Å². The average molecular weight is 341 g/mol. The van der Waals surface area contributed by atoms with Crippen molar-refractivity contribution in [3.63, 3.8) is 0 Å². The average Bonchev–Trinajstić information content (AvgIpc) is 2.43. The van der Waals surface area contributed by atoms with Crippen LogP contribution in [0.4, 0.5) is 4.39 Å². The highest BCUT2D eigenvalue weighted by molar-refractivity contribution is 9.10. The zero-order valence-electron chi connectivity index (χ0n) is 10.7. The highest BCUT2D eigenvalue weighted by Crippen LogP contribution is 2.22. The predicted octanol–water partition coefficient (Wildman–Crippen LogP) is 2.23. The van der Waals surface area contributed by atoms with Crippen LogP contribution in [0.2, 0.25) is 0 Å². The standard InChI is InChI=1S/C13H10BrFN2O3/c1-7-5-9(15)8(14)6-10(7)17-4-3-11(18)12(16-17)13(19)20-2/h3-6H,1-2H3. The maximum atomic E-state index is 13.4. The zero-order valence-corrected chi connectivity index (χ0v) is 12.3. The van der Waals surface area contributed by atoms with Gasteiger partial charge in [0.05, 0.1) is 17.3 Å². The van der Waals surface area contributed by atoms with Crippen LogP contribution >= 0.6 is 15.9 Å². The minimum atomic E-state index is -0.816. The molecule has 0 unspecified atom stereocenters. The van der Waals surface area contributed by atoms with E-state index < -0.39 is 17.2 Å². The normalized spacial score (nSPS) is 10.4. The van der Waals surface area contributed by atoms with Crippen LogP contribution in [-0.2, 0) is 4.74 Å². The van der Waals surface area contributed by atoms with Gasteiger partial charge >= 0.3 is 5.97 Å². The summed E-state index contributed by atoms with van der Waals surface area (Å²) in [5, 5.41) is 3.93. The Morgan fingerprint density at radius 2 is 2.15 bits per heavy atom. The number of nitrogens with zero attached hydrogens (tertiary/aromatic N) is 2. The third-order valence-corrected chi connectivity index (χ3v) is 3.28. The van der Waals surface area contributed by atoms with Crippen molar-refractivity contribution >= 4 is 21.9 Å². The van der Waals surface area contributed by atoms with Gasteiger partial charge in [-0.15, -0.1) is 0 Å². The zero-order chi connectivity index (χ0) is 14.9. The summed E-state index contributed by atoms with van der Waals surface area (Å²) >= 11 is 3.08. The summed E-state index contributed by atoms with van der Waals surface area (Å²) in [7, 11) is 1.17. The van der Waals surface area contributed by atoms with Crippen LogP contribution < -0.4 is 5.43 Å². The molecule has 0 aliphatic carbocycles. The number of aromatic nitrogens is 2. The lowest BCUT2D eigenvalue weighted by atomic mass is 10.2. The molecule has 0 N–H and O–H groups in total. The van der Waals surface area contributed by atoms with E-state index in [1.807, 2.05) is 0 Å². The van der Waals surface area contributed by atoms with Crippen LogP contribution in [0, 0.1) is 12.7 Å². The van der Waals surface area contributed by atoms with Crippen LogP contribution in [0.25, 0.3) is 5.69 Å². The number of aryl methyl sites for hydroxylation is 1. The van der Waals surface area contributed by atoms with Crippen molar-refractivity contribution in [1.29, 1.82) is 0 Å². The molecule has 0 saturated heterocycles. The third kappa shape index (κ3) is 2.62. The topological polar surface area (TPSA) is 61.2 Å². The molecule has 104 valence electrons. The summed E-state index contributed by atoms with van der Waals surface area (Å²) in [5.74, 6) is -1.22. The second-order valence-corrected chi connectivity index (χ2v) is 4.87. The number of carbonyl (C=O) groups is 1. The second kappa shape index (κ2) is 5.54. The van der Waals surface area contributed by atoms with E-state index in [4.69, 9.17) is 0 Å². The Morgan fingerprint density at radius 3 is 2.80 bits per heavy atom. The van der Waals surface area contributed by atoms with Crippen molar-refractivity contribution in [1.82, 2.24) is 9.78 Å². The molecule has 0 fully saturated rings. The molecule has 7 heteroatoms. The Morgan fingerprint density at radius 1 is 1.45 bits per heavy atom. The molecule has 2 aromatic rings. The van der Waals surface area contributed by atoms with Gasteiger partial charge in [0.2, 0.25) is 11.1 Å². The second-order valence-electron chi connectivity index (χ2n) is 4.02. The smallest absolute Gasteiger partial charge is 0.362 e. The lowest BCUT2D eigenvalue weighted by Gasteiger charge is -2.10. The third-order valence-electron chi connectivity index (χ3n) is 2.67. The van der Waals surface area contributed by atoms with E-state index in [1.54, 1.807) is 6.92 Å².